The van der Waals surface area contributed by atoms with Crippen molar-refractivity contribution in [2.75, 3.05) is 17.2 Å². The van der Waals surface area contributed by atoms with Crippen LogP contribution in [0.5, 0.6) is 0 Å². The molecular weight excluding hydrogens is 291 g/mol. The van der Waals surface area contributed by atoms with E-state index in [2.05, 4.69) is 10.6 Å². The molecule has 0 aromatic heterocycles. The van der Waals surface area contributed by atoms with E-state index in [1.54, 1.807) is 12.1 Å². The van der Waals surface area contributed by atoms with Crippen molar-refractivity contribution in [1.29, 1.82) is 0 Å². The number of hydrogen-bond donors (Lipinski definition) is 2. The van der Waals surface area contributed by atoms with Crippen LogP contribution < -0.4 is 10.6 Å². The van der Waals surface area contributed by atoms with Crippen LogP contribution in [0.25, 0.3) is 0 Å². The van der Waals surface area contributed by atoms with Gasteiger partial charge < -0.3 is 10.6 Å². The van der Waals surface area contributed by atoms with Gasteiger partial charge in [-0.05, 0) is 36.8 Å². The molecule has 21 heavy (non-hydrogen) atoms. The Morgan fingerprint density at radius 3 is 2.71 bits per heavy atom. The number of hydrogen-bond acceptors (Lipinski definition) is 2. The first kappa shape index (κ1) is 15.3. The molecule has 0 saturated heterocycles. The van der Waals surface area contributed by atoms with E-state index in [0.29, 0.717) is 10.6 Å². The Labute approximate surface area is 128 Å². The molecular formula is C16H16ClFN2O. The molecule has 3 nitrogen and oxygen atoms in total. The first-order valence-corrected chi connectivity index (χ1v) is 7.09. The molecule has 0 unspecified atom stereocenters. The Kier molecular flexibility index (Phi) is 5.17. The molecule has 0 aliphatic heterocycles. The van der Waals surface area contributed by atoms with Gasteiger partial charge in [-0.1, -0.05) is 30.7 Å². The van der Waals surface area contributed by atoms with Crippen molar-refractivity contribution >= 4 is 28.9 Å². The number of carbonyl (C=O) groups excluding carboxylic acids is 1. The summed E-state index contributed by atoms with van der Waals surface area (Å²) in [5.41, 5.74) is 1.49. The topological polar surface area (TPSA) is 41.1 Å². The van der Waals surface area contributed by atoms with Crippen LogP contribution in [0.2, 0.25) is 5.02 Å². The SMILES string of the molecule is CCCNc1ccccc1C(=O)Nc1cc(F)ccc1Cl. The van der Waals surface area contributed by atoms with Gasteiger partial charge in [0.25, 0.3) is 5.91 Å². The Hall–Kier alpha value is -2.07. The molecule has 2 rings (SSSR count). The molecule has 0 radical (unpaired) electrons. The van der Waals surface area contributed by atoms with Crippen LogP contribution in [0.15, 0.2) is 42.5 Å². The summed E-state index contributed by atoms with van der Waals surface area (Å²) in [5, 5.41) is 6.12. The van der Waals surface area contributed by atoms with Crippen LogP contribution in [0.4, 0.5) is 15.8 Å². The molecule has 2 aromatic rings. The van der Waals surface area contributed by atoms with E-state index in [-0.39, 0.29) is 11.6 Å². The molecule has 5 heteroatoms. The maximum absolute atomic E-state index is 13.2. The molecule has 0 fully saturated rings. The molecule has 0 saturated carbocycles. The zero-order valence-corrected chi connectivity index (χ0v) is 12.4. The fraction of sp³-hybridized carbons (Fsp3) is 0.188. The van der Waals surface area contributed by atoms with Crippen molar-refractivity contribution in [1.82, 2.24) is 0 Å². The van der Waals surface area contributed by atoms with Gasteiger partial charge in [0, 0.05) is 12.2 Å². The van der Waals surface area contributed by atoms with Crippen molar-refractivity contribution in [3.63, 3.8) is 0 Å². The van der Waals surface area contributed by atoms with Gasteiger partial charge in [-0.3, -0.25) is 4.79 Å². The summed E-state index contributed by atoms with van der Waals surface area (Å²) in [4.78, 5) is 12.3. The maximum Gasteiger partial charge on any atom is 0.257 e. The summed E-state index contributed by atoms with van der Waals surface area (Å²) in [6, 6.07) is 11.0. The van der Waals surface area contributed by atoms with Crippen LogP contribution in [0, 0.1) is 5.82 Å². The van der Waals surface area contributed by atoms with Gasteiger partial charge in [-0.2, -0.15) is 0 Å². The number of nitrogens with one attached hydrogen (secondary N) is 2. The highest BCUT2D eigenvalue weighted by Crippen LogP contribution is 2.24. The zero-order chi connectivity index (χ0) is 15.2. The highest BCUT2D eigenvalue weighted by atomic mass is 35.5. The lowest BCUT2D eigenvalue weighted by molar-refractivity contribution is 0.102. The number of para-hydroxylation sites is 1. The standard InChI is InChI=1S/C16H16ClFN2O/c1-2-9-19-14-6-4-3-5-12(14)16(21)20-15-10-11(18)7-8-13(15)17/h3-8,10,19H,2,9H2,1H3,(H,20,21). The first-order chi connectivity index (χ1) is 10.1. The Balaban J connectivity index is 2.22. The Morgan fingerprint density at radius 1 is 1.19 bits per heavy atom. The normalized spacial score (nSPS) is 10.2. The van der Waals surface area contributed by atoms with Crippen molar-refractivity contribution in [3.05, 3.63) is 58.9 Å². The van der Waals surface area contributed by atoms with Crippen LogP contribution in [-0.4, -0.2) is 12.5 Å². The summed E-state index contributed by atoms with van der Waals surface area (Å²) in [7, 11) is 0. The predicted octanol–water partition coefficient (Wildman–Crippen LogP) is 4.55. The van der Waals surface area contributed by atoms with Crippen molar-refractivity contribution in [3.8, 4) is 0 Å². The van der Waals surface area contributed by atoms with E-state index < -0.39 is 5.82 Å². The van der Waals surface area contributed by atoms with Crippen LogP contribution in [0.3, 0.4) is 0 Å². The van der Waals surface area contributed by atoms with E-state index in [1.165, 1.54) is 18.2 Å². The summed E-state index contributed by atoms with van der Waals surface area (Å²) < 4.78 is 13.2. The number of rotatable bonds is 5. The molecule has 0 aliphatic carbocycles. The van der Waals surface area contributed by atoms with E-state index in [0.717, 1.165) is 18.7 Å². The van der Waals surface area contributed by atoms with Gasteiger partial charge in [0.2, 0.25) is 0 Å². The molecule has 0 aliphatic rings. The first-order valence-electron chi connectivity index (χ1n) is 6.71. The molecule has 2 N–H and O–H groups in total. The minimum absolute atomic E-state index is 0.256. The van der Waals surface area contributed by atoms with E-state index in [9.17, 15) is 9.18 Å². The molecule has 1 amide bonds. The van der Waals surface area contributed by atoms with Gasteiger partial charge in [0.1, 0.15) is 5.82 Å². The van der Waals surface area contributed by atoms with Gasteiger partial charge in [0.05, 0.1) is 16.3 Å². The molecule has 2 aromatic carbocycles. The number of carbonyl (C=O) groups is 1. The quantitative estimate of drug-likeness (QED) is 0.850. The molecule has 0 bridgehead atoms. The monoisotopic (exact) mass is 306 g/mol. The third kappa shape index (κ3) is 3.95. The minimum Gasteiger partial charge on any atom is -0.384 e. The number of anilines is 2. The van der Waals surface area contributed by atoms with Crippen LogP contribution in [0.1, 0.15) is 23.7 Å². The lowest BCUT2D eigenvalue weighted by Crippen LogP contribution is -2.15. The number of halogens is 2. The number of amides is 1. The minimum atomic E-state index is -0.452. The molecule has 0 atom stereocenters. The van der Waals surface area contributed by atoms with Crippen molar-refractivity contribution < 1.29 is 9.18 Å². The van der Waals surface area contributed by atoms with E-state index in [1.807, 2.05) is 19.1 Å². The third-order valence-corrected chi connectivity index (χ3v) is 3.24. The summed E-state index contributed by atoms with van der Waals surface area (Å²) in [6.07, 6.45) is 0.950. The Morgan fingerprint density at radius 2 is 1.95 bits per heavy atom. The highest BCUT2D eigenvalue weighted by molar-refractivity contribution is 6.34. The second-order valence-corrected chi connectivity index (χ2v) is 4.96. The lowest BCUT2D eigenvalue weighted by Gasteiger charge is -2.12. The average molecular weight is 307 g/mol. The third-order valence-electron chi connectivity index (χ3n) is 2.91. The van der Waals surface area contributed by atoms with E-state index >= 15 is 0 Å². The smallest absolute Gasteiger partial charge is 0.257 e. The fourth-order valence-electron chi connectivity index (χ4n) is 1.88. The fourth-order valence-corrected chi connectivity index (χ4v) is 2.04. The number of benzene rings is 2. The molecule has 0 heterocycles. The predicted molar refractivity (Wildman–Crippen MR) is 84.6 cm³/mol. The summed E-state index contributed by atoms with van der Waals surface area (Å²) in [6.45, 7) is 2.81. The van der Waals surface area contributed by atoms with Gasteiger partial charge in [-0.15, -0.1) is 0 Å². The maximum atomic E-state index is 13.2. The molecule has 0 spiro atoms. The average Bonchev–Trinajstić information content (AvgIpc) is 2.49. The lowest BCUT2D eigenvalue weighted by atomic mass is 10.1. The summed E-state index contributed by atoms with van der Waals surface area (Å²) >= 11 is 5.95. The largest absolute Gasteiger partial charge is 0.384 e. The summed E-state index contributed by atoms with van der Waals surface area (Å²) in [5.74, 6) is -0.784. The van der Waals surface area contributed by atoms with Gasteiger partial charge in [-0.25, -0.2) is 4.39 Å². The van der Waals surface area contributed by atoms with Gasteiger partial charge in [0.15, 0.2) is 0 Å². The van der Waals surface area contributed by atoms with E-state index in [4.69, 9.17) is 11.6 Å². The second kappa shape index (κ2) is 7.09. The van der Waals surface area contributed by atoms with Crippen LogP contribution in [-0.2, 0) is 0 Å². The van der Waals surface area contributed by atoms with Crippen molar-refractivity contribution in [2.45, 2.75) is 13.3 Å². The second-order valence-electron chi connectivity index (χ2n) is 4.55. The highest BCUT2D eigenvalue weighted by Gasteiger charge is 2.12. The van der Waals surface area contributed by atoms with Gasteiger partial charge >= 0.3 is 0 Å². The Bertz CT molecular complexity index is 646. The zero-order valence-electron chi connectivity index (χ0n) is 11.6. The van der Waals surface area contributed by atoms with Crippen LogP contribution >= 0.6 is 11.6 Å². The molecule has 110 valence electrons. The van der Waals surface area contributed by atoms with Crippen molar-refractivity contribution in [2.24, 2.45) is 0 Å².